The average molecular weight is 561 g/mol. The minimum Gasteiger partial charge on any atom is -0.492 e. The van der Waals surface area contributed by atoms with Crippen LogP contribution < -0.4 is 10.4 Å². The van der Waals surface area contributed by atoms with Crippen LogP contribution in [0.3, 0.4) is 0 Å². The summed E-state index contributed by atoms with van der Waals surface area (Å²) < 4.78 is 59.1. The van der Waals surface area contributed by atoms with E-state index < -0.39 is 47.2 Å². The first-order valence-corrected chi connectivity index (χ1v) is 13.3. The molecular formula is C32H39F3O5. The van der Waals surface area contributed by atoms with E-state index in [4.69, 9.17) is 13.9 Å². The van der Waals surface area contributed by atoms with Crippen molar-refractivity contribution in [2.24, 2.45) is 21.7 Å². The van der Waals surface area contributed by atoms with Crippen molar-refractivity contribution in [2.45, 2.75) is 68.0 Å². The molecule has 40 heavy (non-hydrogen) atoms. The van der Waals surface area contributed by atoms with E-state index in [0.717, 1.165) is 6.92 Å². The van der Waals surface area contributed by atoms with Gasteiger partial charge in [0.1, 0.15) is 30.0 Å². The van der Waals surface area contributed by atoms with Gasteiger partial charge in [0.05, 0.1) is 11.0 Å². The van der Waals surface area contributed by atoms with Gasteiger partial charge in [-0.2, -0.15) is 13.2 Å². The van der Waals surface area contributed by atoms with Gasteiger partial charge in [0.15, 0.2) is 0 Å². The highest BCUT2D eigenvalue weighted by atomic mass is 19.4. The van der Waals surface area contributed by atoms with E-state index in [1.807, 2.05) is 47.6 Å². The summed E-state index contributed by atoms with van der Waals surface area (Å²) in [6.07, 6.45) is -4.28. The van der Waals surface area contributed by atoms with Gasteiger partial charge in [-0.25, -0.2) is 4.79 Å². The van der Waals surface area contributed by atoms with Gasteiger partial charge in [-0.1, -0.05) is 71.9 Å². The minimum absolute atomic E-state index is 0.0946. The first-order chi connectivity index (χ1) is 18.3. The van der Waals surface area contributed by atoms with Crippen LogP contribution in [-0.2, 0) is 9.53 Å². The van der Waals surface area contributed by atoms with Gasteiger partial charge >= 0.3 is 17.8 Å². The van der Waals surface area contributed by atoms with Crippen LogP contribution in [0.2, 0.25) is 0 Å². The Kier molecular flexibility index (Phi) is 8.54. The van der Waals surface area contributed by atoms with Crippen LogP contribution in [0.1, 0.15) is 61.8 Å². The number of carbonyl (C=O) groups is 1. The normalized spacial score (nSPS) is 15.8. The molecule has 0 aliphatic carbocycles. The maximum atomic E-state index is 14.2. The van der Waals surface area contributed by atoms with Crippen LogP contribution in [0.4, 0.5) is 13.2 Å². The van der Waals surface area contributed by atoms with Crippen LogP contribution in [0.25, 0.3) is 22.1 Å². The number of carbonyl (C=O) groups excluding carboxylic acids is 1. The summed E-state index contributed by atoms with van der Waals surface area (Å²) >= 11 is 0. The number of benzene rings is 2. The molecule has 0 fully saturated rings. The van der Waals surface area contributed by atoms with Gasteiger partial charge in [-0.3, -0.25) is 4.79 Å². The van der Waals surface area contributed by atoms with Gasteiger partial charge in [0.2, 0.25) is 0 Å². The number of hydrogen-bond acceptors (Lipinski definition) is 5. The zero-order valence-electron chi connectivity index (χ0n) is 24.5. The Morgan fingerprint density at radius 1 is 0.850 bits per heavy atom. The number of halogens is 3. The molecular weight excluding hydrogens is 521 g/mol. The molecule has 0 saturated heterocycles. The summed E-state index contributed by atoms with van der Waals surface area (Å²) in [5.41, 5.74) is -3.59. The average Bonchev–Trinajstić information content (AvgIpc) is 2.83. The van der Waals surface area contributed by atoms with Crippen molar-refractivity contribution >= 4 is 16.9 Å². The van der Waals surface area contributed by atoms with Crippen LogP contribution >= 0.6 is 0 Å². The SMILES string of the molecule is CC(C)(C)CC(C)(C(=O)OCC(C)(COc1ccc2cc(-c3ccccc3)c(=O)oc2c1)C(F)(F)F)C(C)(C)C. The minimum atomic E-state index is -4.72. The highest BCUT2D eigenvalue weighted by Crippen LogP contribution is 2.48. The molecule has 3 rings (SSSR count). The summed E-state index contributed by atoms with van der Waals surface area (Å²) in [5, 5.41) is 0.596. The number of fused-ring (bicyclic) bond motifs is 1. The van der Waals surface area contributed by atoms with Gasteiger partial charge in [-0.05, 0) is 54.9 Å². The number of alkyl halides is 3. The zero-order valence-corrected chi connectivity index (χ0v) is 24.5. The number of hydrogen-bond donors (Lipinski definition) is 0. The van der Waals surface area contributed by atoms with Crippen molar-refractivity contribution < 1.29 is 31.9 Å². The fraction of sp³-hybridized carbons (Fsp3) is 0.500. The fourth-order valence-corrected chi connectivity index (χ4v) is 4.54. The molecule has 1 heterocycles. The van der Waals surface area contributed by atoms with E-state index in [0.29, 0.717) is 22.9 Å². The topological polar surface area (TPSA) is 65.7 Å². The summed E-state index contributed by atoms with van der Waals surface area (Å²) in [7, 11) is 0. The van der Waals surface area contributed by atoms with Crippen molar-refractivity contribution in [2.75, 3.05) is 13.2 Å². The second-order valence-electron chi connectivity index (χ2n) is 13.3. The number of rotatable bonds is 8. The van der Waals surface area contributed by atoms with Crippen molar-refractivity contribution in [3.8, 4) is 16.9 Å². The summed E-state index contributed by atoms with van der Waals surface area (Å²) in [6.45, 7) is 12.6. The maximum Gasteiger partial charge on any atom is 0.400 e. The molecule has 0 aliphatic rings. The third-order valence-electron chi connectivity index (χ3n) is 7.55. The first kappa shape index (κ1) is 31.2. The quantitative estimate of drug-likeness (QED) is 0.204. The summed E-state index contributed by atoms with van der Waals surface area (Å²) in [5.74, 6) is -0.579. The smallest absolute Gasteiger partial charge is 0.400 e. The number of ether oxygens (including phenoxy) is 2. The molecule has 0 N–H and O–H groups in total. The van der Waals surface area contributed by atoms with E-state index >= 15 is 0 Å². The Hall–Kier alpha value is -3.29. The van der Waals surface area contributed by atoms with Crippen molar-refractivity contribution in [1.82, 2.24) is 0 Å². The fourth-order valence-electron chi connectivity index (χ4n) is 4.54. The Morgan fingerprint density at radius 3 is 2.02 bits per heavy atom. The van der Waals surface area contributed by atoms with E-state index in [1.165, 1.54) is 12.1 Å². The lowest BCUT2D eigenvalue weighted by atomic mass is 9.61. The number of esters is 1. The molecule has 2 aromatic carbocycles. The second-order valence-corrected chi connectivity index (χ2v) is 13.3. The molecule has 0 spiro atoms. The van der Waals surface area contributed by atoms with Crippen LogP contribution in [0, 0.1) is 21.7 Å². The Morgan fingerprint density at radius 2 is 1.48 bits per heavy atom. The van der Waals surface area contributed by atoms with E-state index in [1.54, 1.807) is 43.3 Å². The first-order valence-electron chi connectivity index (χ1n) is 13.3. The molecule has 0 aliphatic heterocycles. The molecule has 1 aromatic heterocycles. The molecule has 218 valence electrons. The third kappa shape index (κ3) is 6.88. The van der Waals surface area contributed by atoms with Crippen molar-refractivity contribution in [3.63, 3.8) is 0 Å². The highest BCUT2D eigenvalue weighted by Gasteiger charge is 2.54. The molecule has 0 radical (unpaired) electrons. The van der Waals surface area contributed by atoms with Gasteiger partial charge in [0, 0.05) is 11.5 Å². The second kappa shape index (κ2) is 10.9. The summed E-state index contributed by atoms with van der Waals surface area (Å²) in [4.78, 5) is 25.8. The third-order valence-corrected chi connectivity index (χ3v) is 7.55. The Bertz CT molecular complexity index is 1400. The van der Waals surface area contributed by atoms with Gasteiger partial charge in [0.25, 0.3) is 0 Å². The maximum absolute atomic E-state index is 14.2. The molecule has 2 atom stereocenters. The molecule has 8 heteroatoms. The van der Waals surface area contributed by atoms with Crippen molar-refractivity contribution in [1.29, 1.82) is 0 Å². The lowest BCUT2D eigenvalue weighted by Gasteiger charge is -2.44. The summed E-state index contributed by atoms with van der Waals surface area (Å²) in [6, 6.07) is 15.2. The molecule has 0 bridgehead atoms. The van der Waals surface area contributed by atoms with Crippen molar-refractivity contribution in [3.05, 3.63) is 65.0 Å². The standard InChI is InChI=1S/C32H39F3O5/c1-28(2,3)18-31(8,29(4,5)6)27(37)39-20-30(7,32(33,34)35)19-38-23-15-14-22-16-24(21-12-10-9-11-13-21)26(36)40-25(22)17-23/h9-17H,18-20H2,1-8H3. The lowest BCUT2D eigenvalue weighted by molar-refractivity contribution is -0.243. The van der Waals surface area contributed by atoms with E-state index in [-0.39, 0.29) is 16.7 Å². The lowest BCUT2D eigenvalue weighted by Crippen LogP contribution is -2.48. The predicted octanol–water partition coefficient (Wildman–Crippen LogP) is 8.44. The monoisotopic (exact) mass is 560 g/mol. The largest absolute Gasteiger partial charge is 0.492 e. The zero-order chi connectivity index (χ0) is 30.1. The molecule has 0 amide bonds. The van der Waals surface area contributed by atoms with Crippen LogP contribution in [0.15, 0.2) is 63.8 Å². The molecule has 3 aromatic rings. The Labute approximate surface area is 233 Å². The highest BCUT2D eigenvalue weighted by molar-refractivity contribution is 5.82. The van der Waals surface area contributed by atoms with E-state index in [2.05, 4.69) is 0 Å². The molecule has 0 saturated carbocycles. The molecule has 2 unspecified atom stereocenters. The predicted molar refractivity (Wildman–Crippen MR) is 150 cm³/mol. The van der Waals surface area contributed by atoms with E-state index in [9.17, 15) is 22.8 Å². The molecule has 5 nitrogen and oxygen atoms in total. The van der Waals surface area contributed by atoms with Gasteiger partial charge < -0.3 is 13.9 Å². The van der Waals surface area contributed by atoms with Crippen LogP contribution in [-0.4, -0.2) is 25.4 Å². The van der Waals surface area contributed by atoms with Gasteiger partial charge in [-0.15, -0.1) is 0 Å². The Balaban J connectivity index is 1.81. The van der Waals surface area contributed by atoms with Crippen LogP contribution in [0.5, 0.6) is 5.75 Å².